The standard InChI is InChI=1S/C24H44O4Si/c1-15-9-10-16-21(27)17(11-12-23(15,16)5)24(6)14-19(26)18(25)13-20(24)28-29(7,8)22(2,3)4/h16-21,25-27H,1,9-14H2,2-8H3/t16?,17?,18-,19+,20?,21-,23+,24+/m0/s1. The highest BCUT2D eigenvalue weighted by Gasteiger charge is 2.59. The van der Waals surface area contributed by atoms with Gasteiger partial charge < -0.3 is 19.7 Å². The average molecular weight is 425 g/mol. The Balaban J connectivity index is 1.92. The van der Waals surface area contributed by atoms with Crippen LogP contribution in [0.15, 0.2) is 12.2 Å². The second-order valence-corrected chi connectivity index (χ2v) is 17.0. The van der Waals surface area contributed by atoms with Gasteiger partial charge in [0.1, 0.15) is 0 Å². The zero-order chi connectivity index (χ0) is 22.0. The summed E-state index contributed by atoms with van der Waals surface area (Å²) in [6.07, 6.45) is 2.84. The van der Waals surface area contributed by atoms with Crippen LogP contribution >= 0.6 is 0 Å². The van der Waals surface area contributed by atoms with Gasteiger partial charge in [0.2, 0.25) is 0 Å². The molecule has 3 unspecified atom stereocenters. The van der Waals surface area contributed by atoms with Crippen LogP contribution in [-0.4, -0.2) is 48.1 Å². The lowest BCUT2D eigenvalue weighted by Gasteiger charge is -2.57. The van der Waals surface area contributed by atoms with Gasteiger partial charge in [-0.25, -0.2) is 0 Å². The summed E-state index contributed by atoms with van der Waals surface area (Å²) in [5.74, 6) is 0.312. The fraction of sp³-hybridized carbons (Fsp3) is 0.917. The van der Waals surface area contributed by atoms with Gasteiger partial charge >= 0.3 is 0 Å². The number of aliphatic hydroxyl groups is 3. The van der Waals surface area contributed by atoms with Crippen molar-refractivity contribution >= 4 is 8.32 Å². The first-order chi connectivity index (χ1) is 13.1. The topological polar surface area (TPSA) is 69.9 Å². The summed E-state index contributed by atoms with van der Waals surface area (Å²) in [6, 6.07) is 0. The van der Waals surface area contributed by atoms with E-state index in [0.29, 0.717) is 12.8 Å². The van der Waals surface area contributed by atoms with Gasteiger partial charge in [-0.2, -0.15) is 0 Å². The van der Waals surface area contributed by atoms with Crippen LogP contribution in [0, 0.1) is 22.7 Å². The van der Waals surface area contributed by atoms with E-state index in [1.54, 1.807) is 0 Å². The molecule has 0 amide bonds. The Hall–Kier alpha value is -0.203. The first kappa shape index (κ1) is 23.5. The molecule has 3 aliphatic rings. The molecule has 0 spiro atoms. The van der Waals surface area contributed by atoms with E-state index in [4.69, 9.17) is 4.43 Å². The van der Waals surface area contributed by atoms with Crippen molar-refractivity contribution in [3.63, 3.8) is 0 Å². The van der Waals surface area contributed by atoms with E-state index in [0.717, 1.165) is 25.7 Å². The van der Waals surface area contributed by atoms with Crippen LogP contribution in [0.1, 0.15) is 73.1 Å². The molecule has 0 heterocycles. The third-order valence-electron chi connectivity index (χ3n) is 9.56. The van der Waals surface area contributed by atoms with E-state index in [1.165, 1.54) is 5.57 Å². The second kappa shape index (κ2) is 7.44. The molecule has 3 saturated carbocycles. The van der Waals surface area contributed by atoms with Crippen molar-refractivity contribution in [3.8, 4) is 0 Å². The van der Waals surface area contributed by atoms with E-state index in [9.17, 15) is 15.3 Å². The maximum Gasteiger partial charge on any atom is 0.192 e. The molecule has 8 atom stereocenters. The van der Waals surface area contributed by atoms with Crippen LogP contribution < -0.4 is 0 Å². The minimum atomic E-state index is -2.06. The van der Waals surface area contributed by atoms with E-state index in [2.05, 4.69) is 54.3 Å². The first-order valence-electron chi connectivity index (χ1n) is 11.5. The van der Waals surface area contributed by atoms with Crippen molar-refractivity contribution in [2.45, 2.75) is 116 Å². The zero-order valence-electron chi connectivity index (χ0n) is 19.7. The lowest BCUT2D eigenvalue weighted by Crippen LogP contribution is -2.60. The van der Waals surface area contributed by atoms with Crippen molar-refractivity contribution in [1.29, 1.82) is 0 Å². The van der Waals surface area contributed by atoms with Gasteiger partial charge in [-0.1, -0.05) is 46.8 Å². The van der Waals surface area contributed by atoms with Gasteiger partial charge in [0, 0.05) is 11.8 Å². The summed E-state index contributed by atoms with van der Waals surface area (Å²) in [7, 11) is -2.06. The largest absolute Gasteiger partial charge is 0.413 e. The Kier molecular flexibility index (Phi) is 6.02. The summed E-state index contributed by atoms with van der Waals surface area (Å²) in [5.41, 5.74) is 0.978. The molecule has 0 aromatic heterocycles. The summed E-state index contributed by atoms with van der Waals surface area (Å²) in [5, 5.41) is 32.7. The molecule has 4 nitrogen and oxygen atoms in total. The van der Waals surface area contributed by atoms with E-state index in [-0.39, 0.29) is 33.8 Å². The molecule has 3 fully saturated rings. The molecule has 0 bridgehead atoms. The normalized spacial score (nSPS) is 46.6. The van der Waals surface area contributed by atoms with Crippen molar-refractivity contribution in [1.82, 2.24) is 0 Å². The highest BCUT2D eigenvalue weighted by atomic mass is 28.4. The molecule has 168 valence electrons. The average Bonchev–Trinajstić information content (AvgIpc) is 2.88. The van der Waals surface area contributed by atoms with E-state index < -0.39 is 26.6 Å². The molecule has 0 radical (unpaired) electrons. The molecule has 3 rings (SSSR count). The molecule has 29 heavy (non-hydrogen) atoms. The number of rotatable bonds is 3. The van der Waals surface area contributed by atoms with Crippen LogP contribution in [0.3, 0.4) is 0 Å². The Morgan fingerprint density at radius 3 is 2.24 bits per heavy atom. The zero-order valence-corrected chi connectivity index (χ0v) is 20.7. The quantitative estimate of drug-likeness (QED) is 0.456. The monoisotopic (exact) mass is 424 g/mol. The SMILES string of the molecule is C=C1CCC2[C@H](O)C([C@@]3(C)C[C@@H](O)[C@@H](O)CC3O[Si](C)(C)C(C)(C)C)CC[C@]12C. The molecule has 0 aromatic carbocycles. The lowest BCUT2D eigenvalue weighted by molar-refractivity contribution is -0.168. The Morgan fingerprint density at radius 1 is 1.03 bits per heavy atom. The smallest absolute Gasteiger partial charge is 0.192 e. The van der Waals surface area contributed by atoms with Gasteiger partial charge in [-0.3, -0.25) is 0 Å². The summed E-state index contributed by atoms with van der Waals surface area (Å²) < 4.78 is 6.88. The van der Waals surface area contributed by atoms with Crippen molar-refractivity contribution in [2.24, 2.45) is 22.7 Å². The lowest BCUT2D eigenvalue weighted by atomic mass is 9.53. The molecular formula is C24H44O4Si. The van der Waals surface area contributed by atoms with Crippen molar-refractivity contribution in [2.75, 3.05) is 0 Å². The van der Waals surface area contributed by atoms with Crippen molar-refractivity contribution < 1.29 is 19.7 Å². The van der Waals surface area contributed by atoms with Crippen LogP contribution in [0.25, 0.3) is 0 Å². The molecule has 3 aliphatic carbocycles. The fourth-order valence-electron chi connectivity index (χ4n) is 6.20. The summed E-state index contributed by atoms with van der Waals surface area (Å²) in [6.45, 7) is 20.0. The van der Waals surface area contributed by atoms with Crippen LogP contribution in [0.4, 0.5) is 0 Å². The number of fused-ring (bicyclic) bond motifs is 1. The number of aliphatic hydroxyl groups excluding tert-OH is 3. The highest BCUT2D eigenvalue weighted by molar-refractivity contribution is 6.74. The van der Waals surface area contributed by atoms with E-state index >= 15 is 0 Å². The number of allylic oxidation sites excluding steroid dienone is 1. The Labute approximate surface area is 178 Å². The van der Waals surface area contributed by atoms with Gasteiger partial charge in [0.15, 0.2) is 8.32 Å². The predicted molar refractivity (Wildman–Crippen MR) is 120 cm³/mol. The predicted octanol–water partition coefficient (Wildman–Crippen LogP) is 4.64. The van der Waals surface area contributed by atoms with Gasteiger partial charge in [-0.15, -0.1) is 0 Å². The maximum atomic E-state index is 11.5. The molecule has 0 saturated heterocycles. The molecule has 0 aromatic rings. The van der Waals surface area contributed by atoms with Crippen LogP contribution in [0.5, 0.6) is 0 Å². The second-order valence-electron chi connectivity index (χ2n) is 12.2. The Bertz CT molecular complexity index is 641. The molecule has 5 heteroatoms. The van der Waals surface area contributed by atoms with Gasteiger partial charge in [-0.05, 0) is 67.5 Å². The molecule has 3 N–H and O–H groups in total. The Morgan fingerprint density at radius 2 is 1.66 bits per heavy atom. The van der Waals surface area contributed by atoms with Gasteiger partial charge in [0.25, 0.3) is 0 Å². The minimum absolute atomic E-state index is 0.0366. The van der Waals surface area contributed by atoms with Gasteiger partial charge in [0.05, 0.1) is 24.4 Å². The third kappa shape index (κ3) is 3.80. The summed E-state index contributed by atoms with van der Waals surface area (Å²) in [4.78, 5) is 0. The van der Waals surface area contributed by atoms with E-state index in [1.807, 2.05) is 0 Å². The third-order valence-corrected chi connectivity index (χ3v) is 14.0. The molecular weight excluding hydrogens is 380 g/mol. The fourth-order valence-corrected chi connectivity index (χ4v) is 7.63. The summed E-state index contributed by atoms with van der Waals surface area (Å²) >= 11 is 0. The maximum absolute atomic E-state index is 11.5. The first-order valence-corrected chi connectivity index (χ1v) is 14.4. The minimum Gasteiger partial charge on any atom is -0.413 e. The van der Waals surface area contributed by atoms with Crippen LogP contribution in [-0.2, 0) is 4.43 Å². The highest BCUT2D eigenvalue weighted by Crippen LogP contribution is 2.61. The van der Waals surface area contributed by atoms with Crippen molar-refractivity contribution in [3.05, 3.63) is 12.2 Å². The molecule has 0 aliphatic heterocycles. The number of hydrogen-bond acceptors (Lipinski definition) is 4. The number of hydrogen-bond donors (Lipinski definition) is 3. The van der Waals surface area contributed by atoms with Crippen LogP contribution in [0.2, 0.25) is 18.1 Å².